The molecule has 1 saturated carbocycles. The van der Waals surface area contributed by atoms with E-state index < -0.39 is 10.0 Å². The SMILES string of the molecule is Cc1ccc(C)c(S(=O)(=O)NC2CCCC2CN)c1. The Bertz CT molecular complexity index is 555. The van der Waals surface area contributed by atoms with Gasteiger partial charge in [0.1, 0.15) is 0 Å². The van der Waals surface area contributed by atoms with Gasteiger partial charge in [0.25, 0.3) is 0 Å². The summed E-state index contributed by atoms with van der Waals surface area (Å²) in [5.74, 6) is 0.264. The fraction of sp³-hybridized carbons (Fsp3) is 0.571. The zero-order chi connectivity index (χ0) is 14.0. The van der Waals surface area contributed by atoms with Crippen LogP contribution in [0, 0.1) is 19.8 Å². The molecule has 4 nitrogen and oxygen atoms in total. The highest BCUT2D eigenvalue weighted by molar-refractivity contribution is 7.89. The van der Waals surface area contributed by atoms with Crippen LogP contribution in [-0.4, -0.2) is 21.0 Å². The maximum atomic E-state index is 12.5. The zero-order valence-corrected chi connectivity index (χ0v) is 12.3. The van der Waals surface area contributed by atoms with E-state index >= 15 is 0 Å². The van der Waals surface area contributed by atoms with E-state index in [9.17, 15) is 8.42 Å². The third kappa shape index (κ3) is 3.16. The molecule has 1 aliphatic carbocycles. The van der Waals surface area contributed by atoms with E-state index in [-0.39, 0.29) is 12.0 Å². The van der Waals surface area contributed by atoms with Crippen LogP contribution in [0.1, 0.15) is 30.4 Å². The van der Waals surface area contributed by atoms with Crippen LogP contribution in [0.5, 0.6) is 0 Å². The van der Waals surface area contributed by atoms with Gasteiger partial charge in [-0.15, -0.1) is 0 Å². The summed E-state index contributed by atoms with van der Waals surface area (Å²) in [5.41, 5.74) is 7.43. The van der Waals surface area contributed by atoms with Gasteiger partial charge in [-0.05, 0) is 56.3 Å². The van der Waals surface area contributed by atoms with Gasteiger partial charge in [-0.2, -0.15) is 0 Å². The lowest BCUT2D eigenvalue weighted by atomic mass is 10.1. The average molecular weight is 282 g/mol. The number of hydrogen-bond acceptors (Lipinski definition) is 3. The van der Waals surface area contributed by atoms with Crippen molar-refractivity contribution in [2.75, 3.05) is 6.54 Å². The lowest BCUT2D eigenvalue weighted by Gasteiger charge is -2.20. The Morgan fingerprint density at radius 2 is 2.05 bits per heavy atom. The molecule has 5 heteroatoms. The Labute approximate surface area is 115 Å². The fourth-order valence-corrected chi connectivity index (χ4v) is 4.40. The van der Waals surface area contributed by atoms with Crippen molar-refractivity contribution >= 4 is 10.0 Å². The second-order valence-corrected chi connectivity index (χ2v) is 7.11. The van der Waals surface area contributed by atoms with E-state index in [0.717, 1.165) is 30.4 Å². The van der Waals surface area contributed by atoms with Crippen LogP contribution >= 0.6 is 0 Å². The van der Waals surface area contributed by atoms with Gasteiger partial charge in [-0.3, -0.25) is 0 Å². The summed E-state index contributed by atoms with van der Waals surface area (Å²) in [6.07, 6.45) is 2.93. The number of nitrogens with one attached hydrogen (secondary N) is 1. The van der Waals surface area contributed by atoms with E-state index in [1.54, 1.807) is 6.07 Å². The third-order valence-corrected chi connectivity index (χ3v) is 5.53. The fourth-order valence-electron chi connectivity index (χ4n) is 2.73. The van der Waals surface area contributed by atoms with Crippen LogP contribution in [0.2, 0.25) is 0 Å². The molecular formula is C14H22N2O2S. The van der Waals surface area contributed by atoms with Crippen LogP contribution in [0.4, 0.5) is 0 Å². The topological polar surface area (TPSA) is 72.2 Å². The molecule has 3 N–H and O–H groups in total. The first-order valence-corrected chi connectivity index (χ1v) is 8.22. The molecule has 1 fully saturated rings. The molecule has 0 saturated heterocycles. The summed E-state index contributed by atoms with van der Waals surface area (Å²) in [6.45, 7) is 4.26. The van der Waals surface area contributed by atoms with Gasteiger partial charge in [0.05, 0.1) is 4.90 Å². The van der Waals surface area contributed by atoms with Crippen molar-refractivity contribution in [3.63, 3.8) is 0 Å². The van der Waals surface area contributed by atoms with Gasteiger partial charge in [0, 0.05) is 6.04 Å². The molecule has 2 rings (SSSR count). The molecule has 0 aliphatic heterocycles. The summed E-state index contributed by atoms with van der Waals surface area (Å²) in [7, 11) is -3.45. The zero-order valence-electron chi connectivity index (χ0n) is 11.5. The van der Waals surface area contributed by atoms with E-state index in [1.165, 1.54) is 0 Å². The molecule has 1 aromatic rings. The molecule has 2 unspecified atom stereocenters. The van der Waals surface area contributed by atoms with Crippen molar-refractivity contribution in [2.24, 2.45) is 11.7 Å². The van der Waals surface area contributed by atoms with Crippen molar-refractivity contribution < 1.29 is 8.42 Å². The summed E-state index contributed by atoms with van der Waals surface area (Å²) >= 11 is 0. The van der Waals surface area contributed by atoms with Crippen LogP contribution in [0.25, 0.3) is 0 Å². The van der Waals surface area contributed by atoms with E-state index in [4.69, 9.17) is 5.73 Å². The number of rotatable bonds is 4. The Morgan fingerprint density at radius 1 is 1.32 bits per heavy atom. The number of nitrogens with two attached hydrogens (primary N) is 1. The smallest absolute Gasteiger partial charge is 0.241 e. The minimum Gasteiger partial charge on any atom is -0.330 e. The molecular weight excluding hydrogens is 260 g/mol. The molecule has 0 amide bonds. The Kier molecular flexibility index (Phi) is 4.28. The van der Waals surface area contributed by atoms with E-state index in [0.29, 0.717) is 11.4 Å². The van der Waals surface area contributed by atoms with Gasteiger partial charge >= 0.3 is 0 Å². The Balaban J connectivity index is 2.25. The van der Waals surface area contributed by atoms with Crippen molar-refractivity contribution in [3.05, 3.63) is 29.3 Å². The number of hydrogen-bond donors (Lipinski definition) is 2. The van der Waals surface area contributed by atoms with Gasteiger partial charge in [0.15, 0.2) is 0 Å². The first-order valence-electron chi connectivity index (χ1n) is 6.73. The number of sulfonamides is 1. The molecule has 0 bridgehead atoms. The largest absolute Gasteiger partial charge is 0.330 e. The summed E-state index contributed by atoms with van der Waals surface area (Å²) in [4.78, 5) is 0.384. The quantitative estimate of drug-likeness (QED) is 0.883. The van der Waals surface area contributed by atoms with Crippen LogP contribution in [-0.2, 0) is 10.0 Å². The number of benzene rings is 1. The Morgan fingerprint density at radius 3 is 2.74 bits per heavy atom. The lowest BCUT2D eigenvalue weighted by Crippen LogP contribution is -2.40. The minimum atomic E-state index is -3.45. The second kappa shape index (κ2) is 5.61. The standard InChI is InChI=1S/C14H22N2O2S/c1-10-6-7-11(2)14(8-10)19(17,18)16-13-5-3-4-12(13)9-15/h6-8,12-13,16H,3-5,9,15H2,1-2H3. The van der Waals surface area contributed by atoms with Gasteiger partial charge in [0.2, 0.25) is 10.0 Å². The van der Waals surface area contributed by atoms with Crippen LogP contribution in [0.3, 0.4) is 0 Å². The number of aryl methyl sites for hydroxylation is 2. The van der Waals surface area contributed by atoms with E-state index in [1.807, 2.05) is 26.0 Å². The summed E-state index contributed by atoms with van der Waals surface area (Å²) in [5, 5.41) is 0. The van der Waals surface area contributed by atoms with Crippen LogP contribution < -0.4 is 10.5 Å². The van der Waals surface area contributed by atoms with Crippen molar-refractivity contribution in [1.29, 1.82) is 0 Å². The van der Waals surface area contributed by atoms with Gasteiger partial charge in [-0.1, -0.05) is 18.6 Å². The van der Waals surface area contributed by atoms with Crippen molar-refractivity contribution in [1.82, 2.24) is 4.72 Å². The minimum absolute atomic E-state index is 0.0186. The van der Waals surface area contributed by atoms with Gasteiger partial charge < -0.3 is 5.73 Å². The second-order valence-electron chi connectivity index (χ2n) is 5.42. The molecule has 1 aliphatic rings. The summed E-state index contributed by atoms with van der Waals surface area (Å²) in [6, 6.07) is 5.48. The molecule has 0 spiro atoms. The molecule has 0 heterocycles. The van der Waals surface area contributed by atoms with Crippen molar-refractivity contribution in [3.8, 4) is 0 Å². The third-order valence-electron chi connectivity index (χ3n) is 3.90. The molecule has 19 heavy (non-hydrogen) atoms. The van der Waals surface area contributed by atoms with Crippen molar-refractivity contribution in [2.45, 2.75) is 44.0 Å². The Hall–Kier alpha value is -0.910. The highest BCUT2D eigenvalue weighted by Gasteiger charge is 2.30. The first kappa shape index (κ1) is 14.5. The maximum absolute atomic E-state index is 12.5. The lowest BCUT2D eigenvalue weighted by molar-refractivity contribution is 0.452. The average Bonchev–Trinajstić information content (AvgIpc) is 2.78. The summed E-state index contributed by atoms with van der Waals surface area (Å²) < 4.78 is 27.8. The molecule has 106 valence electrons. The normalized spacial score (nSPS) is 23.7. The molecule has 2 atom stereocenters. The molecule has 1 aromatic carbocycles. The predicted octanol–water partition coefficient (Wildman–Crippen LogP) is 1.71. The van der Waals surface area contributed by atoms with E-state index in [2.05, 4.69) is 4.72 Å². The first-order chi connectivity index (χ1) is 8.94. The van der Waals surface area contributed by atoms with Crippen LogP contribution in [0.15, 0.2) is 23.1 Å². The molecule has 0 aromatic heterocycles. The highest BCUT2D eigenvalue weighted by atomic mass is 32.2. The van der Waals surface area contributed by atoms with Gasteiger partial charge in [-0.25, -0.2) is 13.1 Å². The maximum Gasteiger partial charge on any atom is 0.241 e. The highest BCUT2D eigenvalue weighted by Crippen LogP contribution is 2.27. The predicted molar refractivity (Wildman–Crippen MR) is 76.4 cm³/mol. The molecule has 0 radical (unpaired) electrons. The monoisotopic (exact) mass is 282 g/mol.